The van der Waals surface area contributed by atoms with Crippen LogP contribution in [-0.4, -0.2) is 76.3 Å². The first-order chi connectivity index (χ1) is 20.0. The number of anilines is 1. The minimum Gasteiger partial charge on any atom is -0.369 e. The molecule has 0 saturated carbocycles. The van der Waals surface area contributed by atoms with Gasteiger partial charge in [-0.1, -0.05) is 32.0 Å². The molecule has 2 saturated heterocycles. The van der Waals surface area contributed by atoms with Gasteiger partial charge in [0.25, 0.3) is 0 Å². The second-order valence-corrected chi connectivity index (χ2v) is 12.4. The average molecular weight is 548 g/mol. The Morgan fingerprint density at radius 1 is 0.902 bits per heavy atom. The first kappa shape index (κ1) is 26.2. The molecule has 7 nitrogen and oxygen atoms in total. The van der Waals surface area contributed by atoms with Crippen LogP contribution in [0.1, 0.15) is 55.2 Å². The predicted octanol–water partition coefficient (Wildman–Crippen LogP) is 6.36. The zero-order valence-corrected chi connectivity index (χ0v) is 24.5. The van der Waals surface area contributed by atoms with E-state index in [9.17, 15) is 0 Å². The van der Waals surface area contributed by atoms with Gasteiger partial charge in [0.2, 0.25) is 0 Å². The van der Waals surface area contributed by atoms with E-state index < -0.39 is 0 Å². The normalized spacial score (nSPS) is 17.8. The molecule has 7 heteroatoms. The van der Waals surface area contributed by atoms with Crippen molar-refractivity contribution in [1.82, 2.24) is 30.0 Å². The van der Waals surface area contributed by atoms with Crippen molar-refractivity contribution in [1.29, 1.82) is 0 Å². The summed E-state index contributed by atoms with van der Waals surface area (Å²) >= 11 is 0. The molecule has 7 rings (SSSR count). The largest absolute Gasteiger partial charge is 0.369 e. The van der Waals surface area contributed by atoms with Gasteiger partial charge in [-0.15, -0.1) is 0 Å². The SMILES string of the molecule is CC(C)c1c(-c2ccnc3[nH]ncc23)[nH]c2ccc(C3CCN(Cc4ccc(N5CCN(C)CC5)cc4)CC3)cc12. The van der Waals surface area contributed by atoms with Crippen LogP contribution in [0.3, 0.4) is 0 Å². The van der Waals surface area contributed by atoms with Gasteiger partial charge in [-0.25, -0.2) is 4.98 Å². The number of aromatic nitrogens is 4. The zero-order valence-electron chi connectivity index (χ0n) is 24.5. The monoisotopic (exact) mass is 547 g/mol. The number of benzene rings is 2. The van der Waals surface area contributed by atoms with E-state index in [0.29, 0.717) is 11.8 Å². The minimum absolute atomic E-state index is 0.397. The molecule has 2 fully saturated rings. The average Bonchev–Trinajstić information content (AvgIpc) is 3.63. The molecule has 41 heavy (non-hydrogen) atoms. The van der Waals surface area contributed by atoms with Crippen LogP contribution in [0.4, 0.5) is 5.69 Å². The highest BCUT2D eigenvalue weighted by atomic mass is 15.2. The lowest BCUT2D eigenvalue weighted by atomic mass is 9.87. The summed E-state index contributed by atoms with van der Waals surface area (Å²) in [6.45, 7) is 12.5. The van der Waals surface area contributed by atoms with Crippen molar-refractivity contribution in [3.8, 4) is 11.3 Å². The fraction of sp³-hybridized carbons (Fsp3) is 0.412. The van der Waals surface area contributed by atoms with Gasteiger partial charge in [0.1, 0.15) is 0 Å². The smallest absolute Gasteiger partial charge is 0.155 e. The number of nitrogens with one attached hydrogen (secondary N) is 2. The van der Waals surface area contributed by atoms with Crippen LogP contribution in [0.15, 0.2) is 60.9 Å². The van der Waals surface area contributed by atoms with E-state index in [1.54, 1.807) is 0 Å². The topological polar surface area (TPSA) is 67.1 Å². The maximum atomic E-state index is 4.45. The Balaban J connectivity index is 1.05. The Hall–Kier alpha value is -3.68. The maximum absolute atomic E-state index is 4.45. The summed E-state index contributed by atoms with van der Waals surface area (Å²) in [6, 6.07) is 18.5. The van der Waals surface area contributed by atoms with E-state index in [4.69, 9.17) is 0 Å². The lowest BCUT2D eigenvalue weighted by molar-refractivity contribution is 0.204. The summed E-state index contributed by atoms with van der Waals surface area (Å²) in [5, 5.41) is 9.67. The van der Waals surface area contributed by atoms with Crippen LogP contribution in [0, 0.1) is 0 Å². The highest BCUT2D eigenvalue weighted by Crippen LogP contribution is 2.40. The van der Waals surface area contributed by atoms with Gasteiger partial charge >= 0.3 is 0 Å². The standard InChI is InChI=1S/C34H41N7/c1-23(2)32-29-20-26(6-9-31(29)37-33(32)28-10-13-35-34-30(28)21-36-38-34)25-11-14-40(15-12-25)22-24-4-7-27(8-5-24)41-18-16-39(3)17-19-41/h4-10,13,20-21,23,25,37H,11-12,14-19,22H2,1-3H3,(H,35,36,38). The van der Waals surface area contributed by atoms with Crippen molar-refractivity contribution in [2.75, 3.05) is 51.2 Å². The maximum Gasteiger partial charge on any atom is 0.155 e. The third-order valence-corrected chi connectivity index (χ3v) is 9.33. The lowest BCUT2D eigenvalue weighted by Crippen LogP contribution is -2.44. The number of hydrogen-bond donors (Lipinski definition) is 2. The molecule has 0 aliphatic carbocycles. The number of rotatable bonds is 6. The molecule has 2 aromatic carbocycles. The molecule has 0 spiro atoms. The first-order valence-electron chi connectivity index (χ1n) is 15.2. The van der Waals surface area contributed by atoms with Crippen LogP contribution < -0.4 is 4.90 Å². The predicted molar refractivity (Wildman–Crippen MR) is 169 cm³/mol. The fourth-order valence-corrected chi connectivity index (χ4v) is 6.92. The Kier molecular flexibility index (Phi) is 7.01. The van der Waals surface area contributed by atoms with E-state index >= 15 is 0 Å². The van der Waals surface area contributed by atoms with Crippen molar-refractivity contribution < 1.29 is 0 Å². The van der Waals surface area contributed by atoms with E-state index in [0.717, 1.165) is 62.4 Å². The minimum atomic E-state index is 0.397. The van der Waals surface area contributed by atoms with E-state index in [2.05, 4.69) is 104 Å². The van der Waals surface area contributed by atoms with Crippen molar-refractivity contribution in [2.24, 2.45) is 0 Å². The van der Waals surface area contributed by atoms with E-state index in [1.165, 1.54) is 51.8 Å². The van der Waals surface area contributed by atoms with E-state index in [1.807, 2.05) is 12.4 Å². The lowest BCUT2D eigenvalue weighted by Gasteiger charge is -2.34. The zero-order chi connectivity index (χ0) is 27.9. The molecule has 0 bridgehead atoms. The number of piperidine rings is 1. The molecule has 0 radical (unpaired) electrons. The van der Waals surface area contributed by atoms with Gasteiger partial charge in [0.05, 0.1) is 11.9 Å². The van der Waals surface area contributed by atoms with Gasteiger partial charge in [0, 0.05) is 66.5 Å². The number of likely N-dealkylation sites (tertiary alicyclic amines) is 1. The number of likely N-dealkylation sites (N-methyl/N-ethyl adjacent to an activating group) is 1. The van der Waals surface area contributed by atoms with Gasteiger partial charge in [0.15, 0.2) is 5.65 Å². The third-order valence-electron chi connectivity index (χ3n) is 9.33. The van der Waals surface area contributed by atoms with Crippen molar-refractivity contribution in [3.63, 3.8) is 0 Å². The number of hydrogen-bond acceptors (Lipinski definition) is 5. The number of piperazine rings is 1. The van der Waals surface area contributed by atoms with Crippen molar-refractivity contribution in [3.05, 3.63) is 77.6 Å². The quantitative estimate of drug-likeness (QED) is 0.259. The third kappa shape index (κ3) is 5.13. The van der Waals surface area contributed by atoms with Gasteiger partial charge in [-0.05, 0) is 91.8 Å². The first-order valence-corrected chi connectivity index (χ1v) is 15.2. The fourth-order valence-electron chi connectivity index (χ4n) is 6.92. The Morgan fingerprint density at radius 3 is 2.44 bits per heavy atom. The number of aromatic amines is 2. The molecule has 2 aliphatic heterocycles. The molecular formula is C34H41N7. The summed E-state index contributed by atoms with van der Waals surface area (Å²) in [5.74, 6) is 1.00. The van der Waals surface area contributed by atoms with Crippen LogP contribution in [0.25, 0.3) is 33.2 Å². The summed E-state index contributed by atoms with van der Waals surface area (Å²) in [6.07, 6.45) is 6.17. The van der Waals surface area contributed by atoms with Gasteiger partial charge in [-0.2, -0.15) is 5.10 Å². The molecule has 5 aromatic rings. The van der Waals surface area contributed by atoms with Crippen LogP contribution in [0.5, 0.6) is 0 Å². The molecule has 2 N–H and O–H groups in total. The van der Waals surface area contributed by atoms with Crippen LogP contribution >= 0.6 is 0 Å². The highest BCUT2D eigenvalue weighted by Gasteiger charge is 2.24. The molecule has 2 aliphatic rings. The molecule has 212 valence electrons. The summed E-state index contributed by atoms with van der Waals surface area (Å²) in [7, 11) is 2.21. The van der Waals surface area contributed by atoms with E-state index in [-0.39, 0.29) is 0 Å². The summed E-state index contributed by atoms with van der Waals surface area (Å²) in [4.78, 5) is 15.8. The van der Waals surface area contributed by atoms with Crippen LogP contribution in [-0.2, 0) is 6.54 Å². The van der Waals surface area contributed by atoms with Crippen LogP contribution in [0.2, 0.25) is 0 Å². The van der Waals surface area contributed by atoms with Crippen molar-refractivity contribution >= 4 is 27.6 Å². The Bertz CT molecular complexity index is 1630. The van der Waals surface area contributed by atoms with Gasteiger partial charge in [-0.3, -0.25) is 10.00 Å². The Morgan fingerprint density at radius 2 is 1.68 bits per heavy atom. The molecule has 0 unspecified atom stereocenters. The summed E-state index contributed by atoms with van der Waals surface area (Å²) < 4.78 is 0. The molecule has 3 aromatic heterocycles. The summed E-state index contributed by atoms with van der Waals surface area (Å²) in [5.41, 5.74) is 10.0. The number of nitrogens with zero attached hydrogens (tertiary/aromatic N) is 5. The molecule has 0 atom stereocenters. The number of H-pyrrole nitrogens is 2. The Labute approximate surface area is 242 Å². The number of fused-ring (bicyclic) bond motifs is 2. The van der Waals surface area contributed by atoms with Crippen molar-refractivity contribution in [2.45, 2.75) is 45.1 Å². The molecular weight excluding hydrogens is 506 g/mol. The molecule has 5 heterocycles. The number of pyridine rings is 1. The second-order valence-electron chi connectivity index (χ2n) is 12.4. The molecule has 0 amide bonds. The second kappa shape index (κ2) is 11.0. The highest BCUT2D eigenvalue weighted by molar-refractivity contribution is 5.98. The van der Waals surface area contributed by atoms with Gasteiger partial charge < -0.3 is 14.8 Å².